The van der Waals surface area contributed by atoms with E-state index in [0.717, 1.165) is 21.6 Å². The van der Waals surface area contributed by atoms with Gasteiger partial charge in [0.25, 0.3) is 0 Å². The number of aromatic amines is 1. The molecule has 18 heavy (non-hydrogen) atoms. The van der Waals surface area contributed by atoms with Gasteiger partial charge in [0.05, 0.1) is 9.26 Å². The zero-order valence-electron chi connectivity index (χ0n) is 9.94. The number of nitrogens with zero attached hydrogens (tertiary/aromatic N) is 4. The molecule has 6 nitrogen and oxygen atoms in total. The highest BCUT2D eigenvalue weighted by Crippen LogP contribution is 2.42. The predicted octanol–water partition coefficient (Wildman–Crippen LogP) is 2.18. The number of rotatable bonds is 4. The quantitative estimate of drug-likeness (QED) is 0.821. The van der Waals surface area contributed by atoms with Crippen molar-refractivity contribution in [1.29, 1.82) is 0 Å². The summed E-state index contributed by atoms with van der Waals surface area (Å²) in [7, 11) is 0. The van der Waals surface area contributed by atoms with Crippen LogP contribution in [0.15, 0.2) is 6.33 Å². The first-order chi connectivity index (χ1) is 8.79. The Morgan fingerprint density at radius 2 is 2.28 bits per heavy atom. The fourth-order valence-electron chi connectivity index (χ4n) is 1.80. The maximum Gasteiger partial charge on any atom is 0.199 e. The van der Waals surface area contributed by atoms with Gasteiger partial charge >= 0.3 is 0 Å². The van der Waals surface area contributed by atoms with Crippen LogP contribution in [0, 0.1) is 3.57 Å². The molecule has 0 aliphatic heterocycles. The summed E-state index contributed by atoms with van der Waals surface area (Å²) in [4.78, 5) is 13.3. The van der Waals surface area contributed by atoms with Gasteiger partial charge < -0.3 is 5.32 Å². The minimum Gasteiger partial charge on any atom is -0.369 e. The molecule has 2 heterocycles. The molecular weight excluding hydrogens is 343 g/mol. The molecule has 3 rings (SSSR count). The van der Waals surface area contributed by atoms with E-state index in [-0.39, 0.29) is 0 Å². The lowest BCUT2D eigenvalue weighted by molar-refractivity contribution is 0.957. The lowest BCUT2D eigenvalue weighted by Crippen LogP contribution is -2.08. The number of nitrogens with one attached hydrogen (secondary N) is 2. The second kappa shape index (κ2) is 4.79. The third-order valence-electron chi connectivity index (χ3n) is 2.81. The molecule has 0 amide bonds. The van der Waals surface area contributed by atoms with E-state index in [4.69, 9.17) is 0 Å². The zero-order chi connectivity index (χ0) is 12.5. The molecule has 2 aromatic heterocycles. The van der Waals surface area contributed by atoms with Crippen LogP contribution in [0.3, 0.4) is 0 Å². The maximum atomic E-state index is 4.63. The molecule has 0 unspecified atom stereocenters. The number of halogens is 1. The minimum absolute atomic E-state index is 0.582. The van der Waals surface area contributed by atoms with Crippen molar-refractivity contribution in [3.8, 4) is 11.6 Å². The van der Waals surface area contributed by atoms with Crippen LogP contribution in [0.25, 0.3) is 11.6 Å². The van der Waals surface area contributed by atoms with E-state index < -0.39 is 0 Å². The van der Waals surface area contributed by atoms with Crippen LogP contribution < -0.4 is 5.32 Å². The highest BCUT2D eigenvalue weighted by atomic mass is 127. The fraction of sp³-hybridized carbons (Fsp3) is 0.455. The summed E-state index contributed by atoms with van der Waals surface area (Å²) >= 11 is 2.32. The van der Waals surface area contributed by atoms with Crippen molar-refractivity contribution in [2.24, 2.45) is 0 Å². The molecule has 0 spiro atoms. The highest BCUT2D eigenvalue weighted by Gasteiger charge is 2.29. The summed E-state index contributed by atoms with van der Waals surface area (Å²) in [6, 6.07) is 0. The van der Waals surface area contributed by atoms with Crippen LogP contribution in [0.4, 0.5) is 5.82 Å². The number of hydrogen-bond donors (Lipinski definition) is 2. The Hall–Kier alpha value is -1.25. The Bertz CT molecular complexity index is 549. The van der Waals surface area contributed by atoms with E-state index in [1.54, 1.807) is 0 Å². The van der Waals surface area contributed by atoms with Crippen LogP contribution in [-0.2, 0) is 0 Å². The van der Waals surface area contributed by atoms with E-state index in [0.29, 0.717) is 17.6 Å². The highest BCUT2D eigenvalue weighted by molar-refractivity contribution is 14.1. The average Bonchev–Trinajstić information content (AvgIpc) is 3.06. The van der Waals surface area contributed by atoms with Gasteiger partial charge in [0.1, 0.15) is 12.1 Å². The second-order valence-electron chi connectivity index (χ2n) is 4.23. The normalized spacial score (nSPS) is 14.8. The largest absolute Gasteiger partial charge is 0.369 e. The van der Waals surface area contributed by atoms with Gasteiger partial charge in [0.2, 0.25) is 0 Å². The Kier molecular flexibility index (Phi) is 3.14. The van der Waals surface area contributed by atoms with Crippen LogP contribution in [0.1, 0.15) is 31.4 Å². The molecule has 0 saturated heterocycles. The Balaban J connectivity index is 2.09. The molecule has 1 fully saturated rings. The molecule has 1 aliphatic carbocycles. The van der Waals surface area contributed by atoms with E-state index >= 15 is 0 Å². The molecule has 94 valence electrons. The molecule has 7 heteroatoms. The van der Waals surface area contributed by atoms with Crippen molar-refractivity contribution in [3.63, 3.8) is 0 Å². The lowest BCUT2D eigenvalue weighted by Gasteiger charge is -2.10. The molecule has 2 N–H and O–H groups in total. The first kappa shape index (κ1) is 11.8. The van der Waals surface area contributed by atoms with Gasteiger partial charge in [-0.05, 0) is 42.4 Å². The van der Waals surface area contributed by atoms with Crippen molar-refractivity contribution in [2.75, 3.05) is 11.9 Å². The van der Waals surface area contributed by atoms with Crippen molar-refractivity contribution < 1.29 is 0 Å². The van der Waals surface area contributed by atoms with Crippen molar-refractivity contribution in [1.82, 2.24) is 25.1 Å². The van der Waals surface area contributed by atoms with E-state index in [1.165, 1.54) is 19.2 Å². The Labute approximate surface area is 118 Å². The van der Waals surface area contributed by atoms with Crippen molar-refractivity contribution in [3.05, 3.63) is 15.6 Å². The maximum absolute atomic E-state index is 4.63. The van der Waals surface area contributed by atoms with Crippen LogP contribution in [0.5, 0.6) is 0 Å². The van der Waals surface area contributed by atoms with Gasteiger partial charge in [-0.3, -0.25) is 5.10 Å². The van der Waals surface area contributed by atoms with E-state index in [1.807, 2.05) is 0 Å². The predicted molar refractivity (Wildman–Crippen MR) is 76.3 cm³/mol. The number of H-pyrrole nitrogens is 1. The monoisotopic (exact) mass is 356 g/mol. The van der Waals surface area contributed by atoms with Crippen LogP contribution >= 0.6 is 22.6 Å². The fourth-order valence-corrected chi connectivity index (χ4v) is 2.67. The van der Waals surface area contributed by atoms with Gasteiger partial charge in [-0.2, -0.15) is 5.10 Å². The Morgan fingerprint density at radius 1 is 1.44 bits per heavy atom. The number of anilines is 1. The molecule has 0 radical (unpaired) electrons. The zero-order valence-corrected chi connectivity index (χ0v) is 12.1. The number of aromatic nitrogens is 5. The second-order valence-corrected chi connectivity index (χ2v) is 5.31. The van der Waals surface area contributed by atoms with Crippen molar-refractivity contribution in [2.45, 2.75) is 25.7 Å². The van der Waals surface area contributed by atoms with Crippen LogP contribution in [-0.4, -0.2) is 31.7 Å². The third kappa shape index (κ3) is 2.18. The van der Waals surface area contributed by atoms with E-state index in [9.17, 15) is 0 Å². The SMILES string of the molecule is CCNc1nc(-c2ncn[nH]2)nc(C2CC2)c1I. The van der Waals surface area contributed by atoms with Gasteiger partial charge in [-0.25, -0.2) is 15.0 Å². The van der Waals surface area contributed by atoms with E-state index in [2.05, 4.69) is 60.0 Å². The summed E-state index contributed by atoms with van der Waals surface area (Å²) in [5.74, 6) is 2.71. The van der Waals surface area contributed by atoms with Gasteiger partial charge in [0, 0.05) is 12.5 Å². The summed E-state index contributed by atoms with van der Waals surface area (Å²) in [6.07, 6.45) is 3.91. The standard InChI is InChI=1S/C11H13IN6/c1-2-13-9-7(12)8(6-3-4-6)16-11(17-9)10-14-5-15-18-10/h5-6H,2-4H2,1H3,(H,13,16,17)(H,14,15,18). The number of hydrogen-bond acceptors (Lipinski definition) is 5. The lowest BCUT2D eigenvalue weighted by atomic mass is 10.2. The first-order valence-electron chi connectivity index (χ1n) is 5.96. The van der Waals surface area contributed by atoms with Crippen LogP contribution in [0.2, 0.25) is 0 Å². The molecule has 1 saturated carbocycles. The summed E-state index contributed by atoms with van der Waals surface area (Å²) < 4.78 is 1.13. The Morgan fingerprint density at radius 3 is 2.89 bits per heavy atom. The smallest absolute Gasteiger partial charge is 0.199 e. The van der Waals surface area contributed by atoms with Gasteiger partial charge in [0.15, 0.2) is 11.6 Å². The summed E-state index contributed by atoms with van der Waals surface area (Å²) in [5.41, 5.74) is 1.13. The van der Waals surface area contributed by atoms with Crippen molar-refractivity contribution >= 4 is 28.4 Å². The molecule has 0 aromatic carbocycles. The third-order valence-corrected chi connectivity index (χ3v) is 3.88. The van der Waals surface area contributed by atoms with Gasteiger partial charge in [-0.1, -0.05) is 0 Å². The molecular formula is C11H13IN6. The van der Waals surface area contributed by atoms with Gasteiger partial charge in [-0.15, -0.1) is 0 Å². The minimum atomic E-state index is 0.582. The first-order valence-corrected chi connectivity index (χ1v) is 7.04. The topological polar surface area (TPSA) is 79.4 Å². The summed E-state index contributed by atoms with van der Waals surface area (Å²) in [5, 5.41) is 9.94. The molecule has 2 aromatic rings. The molecule has 1 aliphatic rings. The molecule has 0 bridgehead atoms. The average molecular weight is 356 g/mol. The molecule has 0 atom stereocenters. The summed E-state index contributed by atoms with van der Waals surface area (Å²) in [6.45, 7) is 2.90.